The number of carbonyl (C=O) groups excluding carboxylic acids is 1. The molecule has 3 heteroatoms. The molecule has 0 saturated carbocycles. The summed E-state index contributed by atoms with van der Waals surface area (Å²) in [6.07, 6.45) is 0. The van der Waals surface area contributed by atoms with Gasteiger partial charge in [-0.15, -0.1) is 0 Å². The van der Waals surface area contributed by atoms with Crippen LogP contribution in [0, 0.1) is 6.92 Å². The van der Waals surface area contributed by atoms with Crippen molar-refractivity contribution in [2.75, 3.05) is 5.32 Å². The van der Waals surface area contributed by atoms with Gasteiger partial charge in [0.1, 0.15) is 0 Å². The molecule has 94 valence electrons. The molecule has 0 aliphatic rings. The van der Waals surface area contributed by atoms with Crippen LogP contribution in [-0.2, 0) is 4.79 Å². The van der Waals surface area contributed by atoms with Gasteiger partial charge in [-0.1, -0.05) is 29.8 Å². The minimum atomic E-state index is -0.873. The lowest BCUT2D eigenvalue weighted by Crippen LogP contribution is -2.45. The third-order valence-corrected chi connectivity index (χ3v) is 2.84. The van der Waals surface area contributed by atoms with Crippen molar-refractivity contribution in [2.45, 2.75) is 26.3 Å². The van der Waals surface area contributed by atoms with E-state index in [1.54, 1.807) is 13.8 Å². The fraction of sp³-hybridized carbons (Fsp3) is 0.267. The largest absolute Gasteiger partial charge is 0.324 e. The highest BCUT2D eigenvalue weighted by Gasteiger charge is 2.21. The topological polar surface area (TPSA) is 55.1 Å². The predicted molar refractivity (Wildman–Crippen MR) is 75.6 cm³/mol. The number of nitrogens with two attached hydrogens (primary N) is 1. The van der Waals surface area contributed by atoms with Crippen LogP contribution < -0.4 is 11.1 Å². The highest BCUT2D eigenvalue weighted by molar-refractivity contribution is 5.99. The quantitative estimate of drug-likeness (QED) is 0.850. The molecule has 18 heavy (non-hydrogen) atoms. The minimum Gasteiger partial charge on any atom is -0.324 e. The third-order valence-electron chi connectivity index (χ3n) is 2.84. The molecule has 0 atom stereocenters. The van der Waals surface area contributed by atoms with E-state index in [1.807, 2.05) is 24.3 Å². The Hall–Kier alpha value is -1.87. The lowest BCUT2D eigenvalue weighted by Gasteiger charge is -2.18. The molecule has 0 fully saturated rings. The molecule has 0 heterocycles. The number of fused-ring (bicyclic) bond motifs is 1. The van der Waals surface area contributed by atoms with Crippen molar-refractivity contribution >= 4 is 22.4 Å². The number of rotatable bonds is 2. The van der Waals surface area contributed by atoms with Gasteiger partial charge >= 0.3 is 0 Å². The smallest absolute Gasteiger partial charge is 0.243 e. The number of nitrogens with one attached hydrogen (secondary N) is 1. The fourth-order valence-electron chi connectivity index (χ4n) is 1.74. The van der Waals surface area contributed by atoms with Crippen LogP contribution in [0.5, 0.6) is 0 Å². The third kappa shape index (κ3) is 2.68. The standard InChI is InChI=1S/C15H18N2O/c1-10-4-5-12-9-13(7-6-11(12)8-10)17-14(18)15(2,3)16/h4-9H,16H2,1-3H3,(H,17,18). The van der Waals surface area contributed by atoms with E-state index >= 15 is 0 Å². The number of amides is 1. The second-order valence-electron chi connectivity index (χ2n) is 5.24. The minimum absolute atomic E-state index is 0.186. The molecule has 1 amide bonds. The molecule has 2 aromatic carbocycles. The summed E-state index contributed by atoms with van der Waals surface area (Å²) >= 11 is 0. The zero-order chi connectivity index (χ0) is 13.3. The first-order chi connectivity index (χ1) is 8.36. The molecule has 0 aromatic heterocycles. The first-order valence-corrected chi connectivity index (χ1v) is 5.97. The lowest BCUT2D eigenvalue weighted by atomic mass is 10.0. The molecule has 2 rings (SSSR count). The van der Waals surface area contributed by atoms with E-state index in [1.165, 1.54) is 10.9 Å². The number of hydrogen-bond donors (Lipinski definition) is 2. The van der Waals surface area contributed by atoms with Crippen molar-refractivity contribution < 1.29 is 4.79 Å². The Labute approximate surface area is 107 Å². The van der Waals surface area contributed by atoms with E-state index in [-0.39, 0.29) is 5.91 Å². The van der Waals surface area contributed by atoms with Gasteiger partial charge in [-0.25, -0.2) is 0 Å². The zero-order valence-corrected chi connectivity index (χ0v) is 10.9. The van der Waals surface area contributed by atoms with E-state index in [0.29, 0.717) is 0 Å². The molecule has 0 unspecified atom stereocenters. The summed E-state index contributed by atoms with van der Waals surface area (Å²) in [6.45, 7) is 5.44. The van der Waals surface area contributed by atoms with Gasteiger partial charge in [0.25, 0.3) is 0 Å². The molecular weight excluding hydrogens is 224 g/mol. The van der Waals surface area contributed by atoms with Crippen molar-refractivity contribution in [3.05, 3.63) is 42.0 Å². The van der Waals surface area contributed by atoms with Crippen LogP contribution in [-0.4, -0.2) is 11.4 Å². The predicted octanol–water partition coefficient (Wildman–Crippen LogP) is 2.82. The number of hydrogen-bond acceptors (Lipinski definition) is 2. The van der Waals surface area contributed by atoms with Crippen LogP contribution in [0.2, 0.25) is 0 Å². The van der Waals surface area contributed by atoms with Gasteiger partial charge in [0, 0.05) is 5.69 Å². The van der Waals surface area contributed by atoms with Crippen molar-refractivity contribution in [1.29, 1.82) is 0 Å². The number of anilines is 1. The van der Waals surface area contributed by atoms with E-state index in [0.717, 1.165) is 11.1 Å². The average Bonchev–Trinajstić information content (AvgIpc) is 2.28. The van der Waals surface area contributed by atoms with Gasteiger partial charge in [0.15, 0.2) is 0 Å². The van der Waals surface area contributed by atoms with Crippen molar-refractivity contribution in [2.24, 2.45) is 5.73 Å². The first kappa shape index (κ1) is 12.6. The second-order valence-corrected chi connectivity index (χ2v) is 5.24. The fourth-order valence-corrected chi connectivity index (χ4v) is 1.74. The maximum Gasteiger partial charge on any atom is 0.243 e. The summed E-state index contributed by atoms with van der Waals surface area (Å²) in [7, 11) is 0. The normalized spacial score (nSPS) is 11.6. The monoisotopic (exact) mass is 242 g/mol. The van der Waals surface area contributed by atoms with Crippen molar-refractivity contribution in [3.63, 3.8) is 0 Å². The molecule has 2 aromatic rings. The summed E-state index contributed by atoms with van der Waals surface area (Å²) in [5.41, 5.74) is 6.87. The van der Waals surface area contributed by atoms with Crippen LogP contribution in [0.1, 0.15) is 19.4 Å². The van der Waals surface area contributed by atoms with Gasteiger partial charge in [-0.3, -0.25) is 4.79 Å². The van der Waals surface area contributed by atoms with Crippen molar-refractivity contribution in [1.82, 2.24) is 0 Å². The Kier molecular flexibility index (Phi) is 3.09. The number of carbonyl (C=O) groups is 1. The summed E-state index contributed by atoms with van der Waals surface area (Å²) in [5, 5.41) is 5.10. The van der Waals surface area contributed by atoms with Gasteiger partial charge in [-0.2, -0.15) is 0 Å². The Balaban J connectivity index is 2.31. The van der Waals surface area contributed by atoms with E-state index in [4.69, 9.17) is 5.73 Å². The van der Waals surface area contributed by atoms with Crippen LogP contribution in [0.15, 0.2) is 36.4 Å². The van der Waals surface area contributed by atoms with Crippen molar-refractivity contribution in [3.8, 4) is 0 Å². The summed E-state index contributed by atoms with van der Waals surface area (Å²) in [4.78, 5) is 11.8. The van der Waals surface area contributed by atoms with Gasteiger partial charge < -0.3 is 11.1 Å². The zero-order valence-electron chi connectivity index (χ0n) is 10.9. The molecule has 0 saturated heterocycles. The molecule has 0 spiro atoms. The molecule has 0 bridgehead atoms. The van der Waals surface area contributed by atoms with Crippen LogP contribution in [0.3, 0.4) is 0 Å². The Morgan fingerprint density at radius 1 is 1.11 bits per heavy atom. The summed E-state index contributed by atoms with van der Waals surface area (Å²) in [5.74, 6) is -0.186. The van der Waals surface area contributed by atoms with Gasteiger partial charge in [-0.05, 0) is 43.7 Å². The molecule has 0 aliphatic carbocycles. The maximum atomic E-state index is 11.8. The Morgan fingerprint density at radius 2 is 1.72 bits per heavy atom. The van der Waals surface area contributed by atoms with Crippen LogP contribution >= 0.6 is 0 Å². The highest BCUT2D eigenvalue weighted by Crippen LogP contribution is 2.20. The molecule has 3 N–H and O–H groups in total. The second kappa shape index (κ2) is 4.42. The van der Waals surface area contributed by atoms with Gasteiger partial charge in [0.05, 0.1) is 5.54 Å². The first-order valence-electron chi connectivity index (χ1n) is 5.97. The lowest BCUT2D eigenvalue weighted by molar-refractivity contribution is -0.120. The average molecular weight is 242 g/mol. The van der Waals surface area contributed by atoms with Gasteiger partial charge in [0.2, 0.25) is 5.91 Å². The van der Waals surface area contributed by atoms with E-state index < -0.39 is 5.54 Å². The SMILES string of the molecule is Cc1ccc2cc(NC(=O)C(C)(C)N)ccc2c1. The summed E-state index contributed by atoms with van der Waals surface area (Å²) < 4.78 is 0. The van der Waals surface area contributed by atoms with Crippen LogP contribution in [0.25, 0.3) is 10.8 Å². The molecule has 0 aliphatic heterocycles. The number of benzene rings is 2. The Morgan fingerprint density at radius 3 is 2.39 bits per heavy atom. The highest BCUT2D eigenvalue weighted by atomic mass is 16.2. The number of aryl methyl sites for hydroxylation is 1. The van der Waals surface area contributed by atoms with E-state index in [2.05, 4.69) is 24.4 Å². The van der Waals surface area contributed by atoms with Crippen LogP contribution in [0.4, 0.5) is 5.69 Å². The van der Waals surface area contributed by atoms with E-state index in [9.17, 15) is 4.79 Å². The molecule has 0 radical (unpaired) electrons. The summed E-state index contributed by atoms with van der Waals surface area (Å²) in [6, 6.07) is 12.1. The molecular formula is C15H18N2O. The molecule has 3 nitrogen and oxygen atoms in total. The Bertz CT molecular complexity index is 597. The maximum absolute atomic E-state index is 11.8.